The van der Waals surface area contributed by atoms with Gasteiger partial charge in [-0.25, -0.2) is 10.1 Å². The van der Waals surface area contributed by atoms with Gasteiger partial charge in [0, 0.05) is 45.0 Å². The van der Waals surface area contributed by atoms with Crippen molar-refractivity contribution in [2.24, 2.45) is 0 Å². The monoisotopic (exact) mass is 565 g/mol. The van der Waals surface area contributed by atoms with Gasteiger partial charge in [-0.3, -0.25) is 9.59 Å². The standard InChI is InChI=1S/C28H26F3N7O3/c29-28(30,31)26-22(16-34-35-27(26)40)38-17-20-4-1-2-5-21(20)23(38)18-41-13-3-6-25(39)37-11-9-36(10-12-37)24-8-7-19(14-32)15-33-24/h1-8,15-16,23H,9-13,17-18H2,(H,35,40)/b6-3-/t23-/m0/s1. The minimum Gasteiger partial charge on any atom is -0.375 e. The molecule has 0 spiro atoms. The highest BCUT2D eigenvalue weighted by atomic mass is 19.4. The Labute approximate surface area is 233 Å². The Kier molecular flexibility index (Phi) is 8.02. The van der Waals surface area contributed by atoms with E-state index in [9.17, 15) is 22.8 Å². The molecule has 1 N–H and O–H groups in total. The average Bonchev–Trinajstić information content (AvgIpc) is 3.34. The lowest BCUT2D eigenvalue weighted by atomic mass is 10.1. The highest BCUT2D eigenvalue weighted by Crippen LogP contribution is 2.42. The van der Waals surface area contributed by atoms with Gasteiger partial charge in [-0.2, -0.15) is 23.5 Å². The number of pyridine rings is 1. The summed E-state index contributed by atoms with van der Waals surface area (Å²) >= 11 is 0. The van der Waals surface area contributed by atoms with Crippen molar-refractivity contribution in [3.63, 3.8) is 0 Å². The molecule has 1 fully saturated rings. The number of amides is 1. The quantitative estimate of drug-likeness (QED) is 0.343. The predicted molar refractivity (Wildman–Crippen MR) is 143 cm³/mol. The number of benzene rings is 1. The maximum absolute atomic E-state index is 13.8. The van der Waals surface area contributed by atoms with Crippen LogP contribution in [0.25, 0.3) is 0 Å². The van der Waals surface area contributed by atoms with Gasteiger partial charge in [0.2, 0.25) is 5.91 Å². The van der Waals surface area contributed by atoms with Crippen molar-refractivity contribution in [2.45, 2.75) is 18.8 Å². The molecule has 1 saturated heterocycles. The van der Waals surface area contributed by atoms with Gasteiger partial charge in [0.1, 0.15) is 17.5 Å². The molecule has 3 aromatic rings. The van der Waals surface area contributed by atoms with Crippen LogP contribution in [-0.4, -0.2) is 65.4 Å². The summed E-state index contributed by atoms with van der Waals surface area (Å²) in [6.07, 6.45) is 0.680. The van der Waals surface area contributed by atoms with Crippen molar-refractivity contribution in [3.8, 4) is 6.07 Å². The van der Waals surface area contributed by atoms with Gasteiger partial charge >= 0.3 is 6.18 Å². The first kappa shape index (κ1) is 27.9. The summed E-state index contributed by atoms with van der Waals surface area (Å²) in [6.45, 7) is 2.49. The molecule has 0 saturated carbocycles. The molecule has 5 rings (SSSR count). The Morgan fingerprint density at radius 3 is 2.63 bits per heavy atom. The molecular weight excluding hydrogens is 539 g/mol. The number of aromatic amines is 1. The molecule has 4 heterocycles. The first-order valence-electron chi connectivity index (χ1n) is 12.9. The number of fused-ring (bicyclic) bond motifs is 1. The number of piperazine rings is 1. The van der Waals surface area contributed by atoms with E-state index in [0.717, 1.165) is 23.1 Å². The molecule has 10 nitrogen and oxygen atoms in total. The number of hydrogen-bond donors (Lipinski definition) is 1. The van der Waals surface area contributed by atoms with Gasteiger partial charge in [-0.05, 0) is 23.3 Å². The maximum Gasteiger partial charge on any atom is 0.423 e. The zero-order valence-corrected chi connectivity index (χ0v) is 21.8. The Hall–Kier alpha value is -4.70. The van der Waals surface area contributed by atoms with E-state index in [0.29, 0.717) is 31.7 Å². The highest BCUT2D eigenvalue weighted by molar-refractivity contribution is 5.87. The van der Waals surface area contributed by atoms with Crippen molar-refractivity contribution in [3.05, 3.63) is 93.6 Å². The number of hydrogen-bond acceptors (Lipinski definition) is 8. The van der Waals surface area contributed by atoms with Crippen molar-refractivity contribution in [1.29, 1.82) is 5.26 Å². The Balaban J connectivity index is 1.18. The van der Waals surface area contributed by atoms with Crippen molar-refractivity contribution in [2.75, 3.05) is 49.2 Å². The second-order valence-electron chi connectivity index (χ2n) is 9.57. The molecule has 0 unspecified atom stereocenters. The Morgan fingerprint density at radius 1 is 1.15 bits per heavy atom. The van der Waals surface area contributed by atoms with Crippen molar-refractivity contribution < 1.29 is 22.7 Å². The SMILES string of the molecule is N#Cc1ccc(N2CCN(C(=O)/C=C\COC[C@H]3c4ccccc4CN3c3cn[nH]c(=O)c3C(F)(F)F)CC2)nc1. The van der Waals surface area contributed by atoms with Crippen molar-refractivity contribution in [1.82, 2.24) is 20.1 Å². The third-order valence-electron chi connectivity index (χ3n) is 7.10. The van der Waals surface area contributed by atoms with Crippen LogP contribution in [0.3, 0.4) is 0 Å². The van der Waals surface area contributed by atoms with E-state index >= 15 is 0 Å². The molecule has 13 heteroatoms. The number of alkyl halides is 3. The molecule has 1 amide bonds. The average molecular weight is 566 g/mol. The van der Waals surface area contributed by atoms with Crippen LogP contribution in [0.5, 0.6) is 0 Å². The molecule has 212 valence electrons. The van der Waals surface area contributed by atoms with Gasteiger partial charge in [-0.15, -0.1) is 0 Å². The predicted octanol–water partition coefficient (Wildman–Crippen LogP) is 3.04. The number of anilines is 2. The summed E-state index contributed by atoms with van der Waals surface area (Å²) in [6, 6.07) is 12.2. The maximum atomic E-state index is 13.8. The smallest absolute Gasteiger partial charge is 0.375 e. The van der Waals surface area contributed by atoms with Crippen LogP contribution in [0.2, 0.25) is 0 Å². The number of nitriles is 1. The second kappa shape index (κ2) is 11.8. The van der Waals surface area contributed by atoms with Gasteiger partial charge < -0.3 is 19.4 Å². The molecule has 0 aliphatic carbocycles. The molecule has 1 aromatic carbocycles. The lowest BCUT2D eigenvalue weighted by Gasteiger charge is -2.34. The largest absolute Gasteiger partial charge is 0.423 e. The summed E-state index contributed by atoms with van der Waals surface area (Å²) < 4.78 is 47.1. The molecule has 2 aliphatic rings. The Morgan fingerprint density at radius 2 is 1.93 bits per heavy atom. The van der Waals surface area contributed by atoms with E-state index in [4.69, 9.17) is 10.00 Å². The third-order valence-corrected chi connectivity index (χ3v) is 7.10. The number of H-pyrrole nitrogens is 1. The third kappa shape index (κ3) is 6.07. The fraction of sp³-hybridized carbons (Fsp3) is 0.321. The minimum absolute atomic E-state index is 0.0376. The number of carbonyl (C=O) groups excluding carboxylic acids is 1. The van der Waals surface area contributed by atoms with Crippen LogP contribution in [0, 0.1) is 11.3 Å². The lowest BCUT2D eigenvalue weighted by Crippen LogP contribution is -2.48. The second-order valence-corrected chi connectivity index (χ2v) is 9.57. The highest BCUT2D eigenvalue weighted by Gasteiger charge is 2.41. The molecular formula is C28H26F3N7O3. The van der Waals surface area contributed by atoms with E-state index in [1.54, 1.807) is 35.2 Å². The van der Waals surface area contributed by atoms with E-state index in [1.807, 2.05) is 28.2 Å². The van der Waals surface area contributed by atoms with E-state index < -0.39 is 23.3 Å². The number of halogens is 3. The van der Waals surface area contributed by atoms with Gasteiger partial charge in [0.25, 0.3) is 5.56 Å². The fourth-order valence-corrected chi connectivity index (χ4v) is 5.08. The normalized spacial score (nSPS) is 17.1. The van der Waals surface area contributed by atoms with Crippen LogP contribution in [0.15, 0.2) is 65.7 Å². The molecule has 41 heavy (non-hydrogen) atoms. The molecule has 1 atom stereocenters. The first-order chi connectivity index (χ1) is 19.8. The molecule has 0 bridgehead atoms. The van der Waals surface area contributed by atoms with Gasteiger partial charge in [0.05, 0.1) is 36.7 Å². The summed E-state index contributed by atoms with van der Waals surface area (Å²) in [7, 11) is 0. The topological polar surface area (TPSA) is 118 Å². The summed E-state index contributed by atoms with van der Waals surface area (Å²) in [5, 5.41) is 14.4. The number of nitrogens with zero attached hydrogens (tertiary/aromatic N) is 6. The van der Waals surface area contributed by atoms with E-state index in [2.05, 4.69) is 10.1 Å². The number of nitrogens with one attached hydrogen (secondary N) is 1. The van der Waals surface area contributed by atoms with Crippen LogP contribution in [0.1, 0.15) is 28.3 Å². The van der Waals surface area contributed by atoms with Crippen LogP contribution in [-0.2, 0) is 22.3 Å². The summed E-state index contributed by atoms with van der Waals surface area (Å²) in [5.74, 6) is 0.582. The summed E-state index contributed by atoms with van der Waals surface area (Å²) in [4.78, 5) is 34.3. The molecule has 0 radical (unpaired) electrons. The first-order valence-corrected chi connectivity index (χ1v) is 12.9. The lowest BCUT2D eigenvalue weighted by molar-refractivity contribution is -0.138. The van der Waals surface area contributed by atoms with Crippen LogP contribution >= 0.6 is 0 Å². The van der Waals surface area contributed by atoms with Crippen molar-refractivity contribution >= 4 is 17.4 Å². The van der Waals surface area contributed by atoms with Crippen LogP contribution in [0.4, 0.5) is 24.7 Å². The fourth-order valence-electron chi connectivity index (χ4n) is 5.08. The zero-order chi connectivity index (χ0) is 29.0. The number of aromatic nitrogens is 3. The zero-order valence-electron chi connectivity index (χ0n) is 21.8. The van der Waals surface area contributed by atoms with E-state index in [1.165, 1.54) is 17.2 Å². The molecule has 2 aromatic heterocycles. The van der Waals surface area contributed by atoms with E-state index in [-0.39, 0.29) is 31.4 Å². The Bertz CT molecular complexity index is 1520. The van der Waals surface area contributed by atoms with Crippen LogP contribution < -0.4 is 15.4 Å². The minimum atomic E-state index is -4.86. The number of ether oxygens (including phenoxy) is 1. The number of rotatable bonds is 7. The number of carbonyl (C=O) groups is 1. The van der Waals surface area contributed by atoms with Gasteiger partial charge in [-0.1, -0.05) is 30.3 Å². The van der Waals surface area contributed by atoms with Gasteiger partial charge in [0.15, 0.2) is 0 Å². The summed E-state index contributed by atoms with van der Waals surface area (Å²) in [5.41, 5.74) is -0.802. The molecule has 2 aliphatic heterocycles.